The number of aromatic nitrogens is 1. The van der Waals surface area contributed by atoms with Gasteiger partial charge in [0.2, 0.25) is 5.91 Å². The van der Waals surface area contributed by atoms with Crippen molar-refractivity contribution in [3.8, 4) is 11.4 Å². The van der Waals surface area contributed by atoms with E-state index >= 15 is 0 Å². The molecule has 4 aromatic rings. The number of nitrogens with one attached hydrogen (secondary N) is 1. The minimum atomic E-state index is -0.473. The number of benzene rings is 3. The third-order valence-corrected chi connectivity index (χ3v) is 7.18. The first-order valence-electron chi connectivity index (χ1n) is 10.3. The highest BCUT2D eigenvalue weighted by Gasteiger charge is 2.32. The Morgan fingerprint density at radius 3 is 2.52 bits per heavy atom. The SMILES string of the molecule is O=C1NC(=O)C(Cc2cn(-c3ccc(Cl)c(Cl)c3)c3ccc(OCc4ccccc4)cc23)S1. The third-order valence-electron chi connectivity index (χ3n) is 5.46. The number of nitrogens with zero attached hydrogens (tertiary/aromatic N) is 1. The van der Waals surface area contributed by atoms with Crippen LogP contribution in [-0.4, -0.2) is 21.0 Å². The molecule has 0 radical (unpaired) electrons. The molecule has 0 bridgehead atoms. The fraction of sp³-hybridized carbons (Fsp3) is 0.120. The van der Waals surface area contributed by atoms with Gasteiger partial charge in [-0.15, -0.1) is 0 Å². The van der Waals surface area contributed by atoms with E-state index in [0.717, 1.165) is 45.2 Å². The summed E-state index contributed by atoms with van der Waals surface area (Å²) < 4.78 is 8.03. The lowest BCUT2D eigenvalue weighted by Gasteiger charge is -2.09. The molecular weight excluding hydrogens is 479 g/mol. The van der Waals surface area contributed by atoms with Crippen LogP contribution in [0.2, 0.25) is 10.0 Å². The van der Waals surface area contributed by atoms with E-state index in [-0.39, 0.29) is 11.1 Å². The summed E-state index contributed by atoms with van der Waals surface area (Å²) >= 11 is 13.4. The number of carbonyl (C=O) groups is 2. The zero-order valence-corrected chi connectivity index (χ0v) is 19.6. The summed E-state index contributed by atoms with van der Waals surface area (Å²) in [6.45, 7) is 0.449. The first-order chi connectivity index (χ1) is 16.0. The molecule has 8 heteroatoms. The summed E-state index contributed by atoms with van der Waals surface area (Å²) in [5.41, 5.74) is 3.79. The van der Waals surface area contributed by atoms with Gasteiger partial charge in [-0.1, -0.05) is 65.3 Å². The average molecular weight is 497 g/mol. The number of amides is 2. The summed E-state index contributed by atoms with van der Waals surface area (Å²) in [6.07, 6.45) is 2.39. The number of imide groups is 1. The molecule has 3 aromatic carbocycles. The molecule has 1 unspecified atom stereocenters. The van der Waals surface area contributed by atoms with Crippen LogP contribution in [0.15, 0.2) is 72.9 Å². The van der Waals surface area contributed by atoms with Crippen LogP contribution in [0.4, 0.5) is 4.79 Å². The Kier molecular flexibility index (Phi) is 6.06. The highest BCUT2D eigenvalue weighted by atomic mass is 35.5. The van der Waals surface area contributed by atoms with E-state index in [1.54, 1.807) is 12.1 Å². The van der Waals surface area contributed by atoms with E-state index in [9.17, 15) is 9.59 Å². The van der Waals surface area contributed by atoms with Crippen molar-refractivity contribution < 1.29 is 14.3 Å². The number of hydrogen-bond acceptors (Lipinski definition) is 4. The van der Waals surface area contributed by atoms with E-state index in [0.29, 0.717) is 23.1 Å². The maximum Gasteiger partial charge on any atom is 0.286 e. The number of hydrogen-bond donors (Lipinski definition) is 1. The number of halogens is 2. The Hall–Kier alpha value is -2.93. The first kappa shape index (κ1) is 21.9. The molecule has 1 aliphatic heterocycles. The van der Waals surface area contributed by atoms with Crippen molar-refractivity contribution in [2.45, 2.75) is 18.3 Å². The summed E-state index contributed by atoms with van der Waals surface area (Å²) in [5, 5.41) is 3.45. The van der Waals surface area contributed by atoms with Crippen molar-refractivity contribution in [2.75, 3.05) is 0 Å². The zero-order valence-electron chi connectivity index (χ0n) is 17.3. The minimum absolute atomic E-state index is 0.267. The van der Waals surface area contributed by atoms with Crippen molar-refractivity contribution >= 4 is 57.0 Å². The Morgan fingerprint density at radius 1 is 0.970 bits per heavy atom. The average Bonchev–Trinajstić information content (AvgIpc) is 3.33. The van der Waals surface area contributed by atoms with E-state index in [2.05, 4.69) is 5.32 Å². The number of ether oxygens (including phenoxy) is 1. The van der Waals surface area contributed by atoms with E-state index in [1.165, 1.54) is 0 Å². The van der Waals surface area contributed by atoms with Crippen molar-refractivity contribution in [1.82, 2.24) is 9.88 Å². The minimum Gasteiger partial charge on any atom is -0.489 e. The van der Waals surface area contributed by atoms with Gasteiger partial charge in [0.25, 0.3) is 5.24 Å². The fourth-order valence-electron chi connectivity index (χ4n) is 3.85. The lowest BCUT2D eigenvalue weighted by atomic mass is 10.1. The van der Waals surface area contributed by atoms with Crippen LogP contribution in [0, 0.1) is 0 Å². The molecule has 0 saturated carbocycles. The van der Waals surface area contributed by atoms with Gasteiger partial charge in [-0.3, -0.25) is 14.9 Å². The molecular formula is C25H18Cl2N2O3S. The van der Waals surface area contributed by atoms with Crippen LogP contribution >= 0.6 is 35.0 Å². The number of fused-ring (bicyclic) bond motifs is 1. The van der Waals surface area contributed by atoms with Crippen molar-refractivity contribution in [3.63, 3.8) is 0 Å². The topological polar surface area (TPSA) is 60.3 Å². The first-order valence-corrected chi connectivity index (χ1v) is 11.9. The second kappa shape index (κ2) is 9.14. The predicted octanol–water partition coefficient (Wildman–Crippen LogP) is 6.41. The Morgan fingerprint density at radius 2 is 1.79 bits per heavy atom. The molecule has 1 aliphatic rings. The molecule has 0 spiro atoms. The van der Waals surface area contributed by atoms with Gasteiger partial charge in [-0.2, -0.15) is 0 Å². The van der Waals surface area contributed by atoms with Crippen LogP contribution in [0.3, 0.4) is 0 Å². The summed E-state index contributed by atoms with van der Waals surface area (Å²) in [7, 11) is 0. The second-order valence-electron chi connectivity index (χ2n) is 7.66. The predicted molar refractivity (Wildman–Crippen MR) is 133 cm³/mol. The molecule has 33 heavy (non-hydrogen) atoms. The van der Waals surface area contributed by atoms with Crippen molar-refractivity contribution in [3.05, 3.63) is 94.1 Å². The van der Waals surface area contributed by atoms with Crippen LogP contribution in [-0.2, 0) is 17.8 Å². The van der Waals surface area contributed by atoms with Gasteiger partial charge >= 0.3 is 0 Å². The molecule has 1 saturated heterocycles. The van der Waals surface area contributed by atoms with Crippen LogP contribution in [0.25, 0.3) is 16.6 Å². The van der Waals surface area contributed by atoms with Crippen LogP contribution in [0.5, 0.6) is 5.75 Å². The third kappa shape index (κ3) is 4.60. The standard InChI is InChI=1S/C25H18Cl2N2O3S/c26-20-8-6-17(11-21(20)27)29-13-16(10-23-24(30)28-25(31)33-23)19-12-18(7-9-22(19)29)32-14-15-4-2-1-3-5-15/h1-9,11-13,23H,10,14H2,(H,28,30,31). The summed E-state index contributed by atoms with van der Waals surface area (Å²) in [6, 6.07) is 21.3. The van der Waals surface area contributed by atoms with E-state index in [1.807, 2.05) is 65.4 Å². The van der Waals surface area contributed by atoms with Gasteiger partial charge in [0.05, 0.1) is 20.8 Å². The maximum atomic E-state index is 12.2. The largest absolute Gasteiger partial charge is 0.489 e. The van der Waals surface area contributed by atoms with E-state index < -0.39 is 5.25 Å². The molecule has 166 valence electrons. The van der Waals surface area contributed by atoms with E-state index in [4.69, 9.17) is 27.9 Å². The smallest absolute Gasteiger partial charge is 0.286 e. The molecule has 5 nitrogen and oxygen atoms in total. The normalized spacial score (nSPS) is 15.8. The molecule has 0 aliphatic carbocycles. The summed E-state index contributed by atoms with van der Waals surface area (Å²) in [4.78, 5) is 23.9. The monoisotopic (exact) mass is 496 g/mol. The Balaban J connectivity index is 1.53. The van der Waals surface area contributed by atoms with Crippen molar-refractivity contribution in [2.24, 2.45) is 0 Å². The number of thioether (sulfide) groups is 1. The van der Waals surface area contributed by atoms with Gasteiger partial charge in [-0.25, -0.2) is 0 Å². The van der Waals surface area contributed by atoms with Gasteiger partial charge < -0.3 is 9.30 Å². The molecule has 2 heterocycles. The Bertz CT molecular complexity index is 1370. The molecule has 1 N–H and O–H groups in total. The highest BCUT2D eigenvalue weighted by molar-refractivity contribution is 8.15. The van der Waals surface area contributed by atoms with Crippen LogP contribution < -0.4 is 10.1 Å². The summed E-state index contributed by atoms with van der Waals surface area (Å²) in [5.74, 6) is 0.455. The highest BCUT2D eigenvalue weighted by Crippen LogP contribution is 2.34. The lowest BCUT2D eigenvalue weighted by molar-refractivity contribution is -0.118. The number of carbonyl (C=O) groups excluding carboxylic acids is 2. The molecule has 5 rings (SSSR count). The Labute approximate surface area is 204 Å². The molecule has 1 atom stereocenters. The molecule has 2 amide bonds. The lowest BCUT2D eigenvalue weighted by Crippen LogP contribution is -2.25. The quantitative estimate of drug-likeness (QED) is 0.335. The van der Waals surface area contributed by atoms with Gasteiger partial charge in [0.15, 0.2) is 0 Å². The van der Waals surface area contributed by atoms with Crippen LogP contribution in [0.1, 0.15) is 11.1 Å². The van der Waals surface area contributed by atoms with Gasteiger partial charge in [0, 0.05) is 17.3 Å². The van der Waals surface area contributed by atoms with Gasteiger partial charge in [0.1, 0.15) is 12.4 Å². The molecule has 1 fully saturated rings. The second-order valence-corrected chi connectivity index (χ2v) is 9.65. The maximum absolute atomic E-state index is 12.2. The fourth-order valence-corrected chi connectivity index (χ4v) is 4.99. The zero-order chi connectivity index (χ0) is 22.9. The molecule has 1 aromatic heterocycles. The van der Waals surface area contributed by atoms with Gasteiger partial charge in [-0.05, 0) is 53.9 Å². The number of rotatable bonds is 6. The van der Waals surface area contributed by atoms with Crippen molar-refractivity contribution in [1.29, 1.82) is 0 Å².